The molecule has 0 aliphatic carbocycles. The zero-order chi connectivity index (χ0) is 14.6. The molecule has 4 heteroatoms. The maximum Gasteiger partial charge on any atom is 0.206 e. The highest BCUT2D eigenvalue weighted by Crippen LogP contribution is 2.22. The Hall–Kier alpha value is -1.81. The number of nitrogen functional groups attached to an aromatic ring is 1. The molecule has 0 atom stereocenters. The van der Waals surface area contributed by atoms with Crippen molar-refractivity contribution in [3.8, 4) is 0 Å². The maximum atomic E-state index is 12.4. The molecular formula is C16H19NO2S. The van der Waals surface area contributed by atoms with E-state index in [-0.39, 0.29) is 4.90 Å². The van der Waals surface area contributed by atoms with E-state index >= 15 is 0 Å². The molecule has 0 aliphatic rings. The van der Waals surface area contributed by atoms with Gasteiger partial charge in [0.05, 0.1) is 9.79 Å². The lowest BCUT2D eigenvalue weighted by molar-refractivity contribution is 0.596. The molecule has 0 spiro atoms. The highest BCUT2D eigenvalue weighted by molar-refractivity contribution is 7.91. The van der Waals surface area contributed by atoms with Gasteiger partial charge in [-0.2, -0.15) is 0 Å². The summed E-state index contributed by atoms with van der Waals surface area (Å²) in [7, 11) is -3.45. The topological polar surface area (TPSA) is 60.2 Å². The van der Waals surface area contributed by atoms with Gasteiger partial charge >= 0.3 is 0 Å². The van der Waals surface area contributed by atoms with Gasteiger partial charge in [-0.05, 0) is 54.8 Å². The number of nitrogens with two attached hydrogens (primary N) is 1. The Bertz CT molecular complexity index is 659. The standard InChI is InChI=1S/C16H19NO2S/c1-2-3-4-13-5-9-15(10-6-13)20(18,19)16-11-7-14(17)8-12-16/h5-12H,2-4,17H2,1H3. The molecule has 0 saturated heterocycles. The highest BCUT2D eigenvalue weighted by atomic mass is 32.2. The van der Waals surface area contributed by atoms with E-state index in [1.807, 2.05) is 12.1 Å². The summed E-state index contributed by atoms with van der Waals surface area (Å²) in [6, 6.07) is 13.4. The van der Waals surface area contributed by atoms with E-state index in [9.17, 15) is 8.42 Å². The molecule has 3 nitrogen and oxygen atoms in total. The number of anilines is 1. The molecule has 2 rings (SSSR count). The molecular weight excluding hydrogens is 270 g/mol. The Kier molecular flexibility index (Phi) is 4.45. The molecule has 0 radical (unpaired) electrons. The predicted octanol–water partition coefficient (Wildman–Crippen LogP) is 3.44. The van der Waals surface area contributed by atoms with Crippen molar-refractivity contribution in [2.45, 2.75) is 36.0 Å². The van der Waals surface area contributed by atoms with E-state index in [0.717, 1.165) is 19.3 Å². The van der Waals surface area contributed by atoms with E-state index in [2.05, 4.69) is 6.92 Å². The summed E-state index contributed by atoms with van der Waals surface area (Å²) < 4.78 is 24.9. The van der Waals surface area contributed by atoms with Crippen molar-refractivity contribution in [2.24, 2.45) is 0 Å². The largest absolute Gasteiger partial charge is 0.399 e. The van der Waals surface area contributed by atoms with Gasteiger partial charge in [-0.15, -0.1) is 0 Å². The van der Waals surface area contributed by atoms with Crippen LogP contribution in [0.3, 0.4) is 0 Å². The predicted molar refractivity (Wildman–Crippen MR) is 81.4 cm³/mol. The number of rotatable bonds is 5. The fraction of sp³-hybridized carbons (Fsp3) is 0.250. The van der Waals surface area contributed by atoms with Gasteiger partial charge in [-0.3, -0.25) is 0 Å². The number of unbranched alkanes of at least 4 members (excludes halogenated alkanes) is 1. The second-order valence-electron chi connectivity index (χ2n) is 4.82. The second kappa shape index (κ2) is 6.09. The van der Waals surface area contributed by atoms with Crippen LogP contribution in [0.4, 0.5) is 5.69 Å². The van der Waals surface area contributed by atoms with Crippen LogP contribution in [0.5, 0.6) is 0 Å². The molecule has 2 aromatic carbocycles. The van der Waals surface area contributed by atoms with Gasteiger partial charge in [0.15, 0.2) is 0 Å². The Balaban J connectivity index is 2.27. The highest BCUT2D eigenvalue weighted by Gasteiger charge is 2.16. The van der Waals surface area contributed by atoms with Crippen molar-refractivity contribution >= 4 is 15.5 Å². The third kappa shape index (κ3) is 3.20. The van der Waals surface area contributed by atoms with Crippen LogP contribution in [0.15, 0.2) is 58.3 Å². The molecule has 0 amide bonds. The quantitative estimate of drug-likeness (QED) is 0.858. The fourth-order valence-electron chi connectivity index (χ4n) is 2.00. The number of aryl methyl sites for hydroxylation is 1. The lowest BCUT2D eigenvalue weighted by Crippen LogP contribution is -2.02. The van der Waals surface area contributed by atoms with Gasteiger partial charge in [0.2, 0.25) is 9.84 Å². The van der Waals surface area contributed by atoms with Crippen LogP contribution >= 0.6 is 0 Å². The van der Waals surface area contributed by atoms with Crippen molar-refractivity contribution in [3.63, 3.8) is 0 Å². The SMILES string of the molecule is CCCCc1ccc(S(=O)(=O)c2ccc(N)cc2)cc1. The summed E-state index contributed by atoms with van der Waals surface area (Å²) in [5.41, 5.74) is 7.30. The number of benzene rings is 2. The molecule has 0 saturated carbocycles. The first-order valence-corrected chi connectivity index (χ1v) is 8.22. The van der Waals surface area contributed by atoms with Crippen molar-refractivity contribution in [2.75, 3.05) is 5.73 Å². The summed E-state index contributed by atoms with van der Waals surface area (Å²) in [5, 5.41) is 0. The number of sulfone groups is 1. The first-order valence-electron chi connectivity index (χ1n) is 6.73. The van der Waals surface area contributed by atoms with Gasteiger partial charge in [0.25, 0.3) is 0 Å². The summed E-state index contributed by atoms with van der Waals surface area (Å²) in [6.45, 7) is 2.14. The molecule has 2 aromatic rings. The third-order valence-electron chi connectivity index (χ3n) is 3.24. The number of hydrogen-bond acceptors (Lipinski definition) is 3. The van der Waals surface area contributed by atoms with Gasteiger partial charge < -0.3 is 5.73 Å². The minimum atomic E-state index is -3.45. The third-order valence-corrected chi connectivity index (χ3v) is 5.03. The Labute approximate surface area is 120 Å². The van der Waals surface area contributed by atoms with Crippen molar-refractivity contribution < 1.29 is 8.42 Å². The van der Waals surface area contributed by atoms with E-state index in [1.165, 1.54) is 17.7 Å². The van der Waals surface area contributed by atoms with Crippen LogP contribution in [0.25, 0.3) is 0 Å². The van der Waals surface area contributed by atoms with E-state index < -0.39 is 9.84 Å². The van der Waals surface area contributed by atoms with E-state index in [1.54, 1.807) is 24.3 Å². The Morgan fingerprint density at radius 2 is 1.40 bits per heavy atom. The zero-order valence-electron chi connectivity index (χ0n) is 11.5. The van der Waals surface area contributed by atoms with Crippen LogP contribution in [0.1, 0.15) is 25.3 Å². The van der Waals surface area contributed by atoms with Gasteiger partial charge in [0, 0.05) is 5.69 Å². The second-order valence-corrected chi connectivity index (χ2v) is 6.77. The van der Waals surface area contributed by atoms with Gasteiger partial charge in [-0.1, -0.05) is 25.5 Å². The Morgan fingerprint density at radius 1 is 0.900 bits per heavy atom. The van der Waals surface area contributed by atoms with Crippen LogP contribution in [0, 0.1) is 0 Å². The average molecular weight is 289 g/mol. The molecule has 20 heavy (non-hydrogen) atoms. The summed E-state index contributed by atoms with van der Waals surface area (Å²) in [5.74, 6) is 0. The van der Waals surface area contributed by atoms with Crippen molar-refractivity contribution in [3.05, 3.63) is 54.1 Å². The van der Waals surface area contributed by atoms with Crippen molar-refractivity contribution in [1.29, 1.82) is 0 Å². The van der Waals surface area contributed by atoms with E-state index in [0.29, 0.717) is 10.6 Å². The normalized spacial score (nSPS) is 11.4. The molecule has 0 aromatic heterocycles. The molecule has 0 fully saturated rings. The first-order chi connectivity index (χ1) is 9.54. The van der Waals surface area contributed by atoms with Crippen LogP contribution in [-0.2, 0) is 16.3 Å². The first kappa shape index (κ1) is 14.6. The summed E-state index contributed by atoms with van der Waals surface area (Å²) in [6.07, 6.45) is 3.23. The fourth-order valence-corrected chi connectivity index (χ4v) is 3.26. The molecule has 0 bridgehead atoms. The Morgan fingerprint density at radius 3 is 1.90 bits per heavy atom. The summed E-state index contributed by atoms with van der Waals surface area (Å²) >= 11 is 0. The minimum Gasteiger partial charge on any atom is -0.399 e. The number of hydrogen-bond donors (Lipinski definition) is 1. The van der Waals surface area contributed by atoms with Crippen molar-refractivity contribution in [1.82, 2.24) is 0 Å². The molecule has 0 heterocycles. The summed E-state index contributed by atoms with van der Waals surface area (Å²) in [4.78, 5) is 0.593. The van der Waals surface area contributed by atoms with Crippen LogP contribution < -0.4 is 5.73 Å². The monoisotopic (exact) mass is 289 g/mol. The van der Waals surface area contributed by atoms with E-state index in [4.69, 9.17) is 5.73 Å². The van der Waals surface area contributed by atoms with Crippen LogP contribution in [0.2, 0.25) is 0 Å². The van der Waals surface area contributed by atoms with Gasteiger partial charge in [0.1, 0.15) is 0 Å². The molecule has 2 N–H and O–H groups in total. The maximum absolute atomic E-state index is 12.4. The van der Waals surface area contributed by atoms with Gasteiger partial charge in [-0.25, -0.2) is 8.42 Å². The smallest absolute Gasteiger partial charge is 0.206 e. The average Bonchev–Trinajstić information content (AvgIpc) is 2.46. The lowest BCUT2D eigenvalue weighted by atomic mass is 10.1. The molecule has 106 valence electrons. The lowest BCUT2D eigenvalue weighted by Gasteiger charge is -2.06. The zero-order valence-corrected chi connectivity index (χ0v) is 12.4. The van der Waals surface area contributed by atoms with Crippen LogP contribution in [-0.4, -0.2) is 8.42 Å². The molecule has 0 unspecified atom stereocenters. The molecule has 0 aliphatic heterocycles. The minimum absolute atomic E-state index is 0.271.